The largest absolute Gasteiger partial charge is 2.00 e. The van der Waals surface area contributed by atoms with E-state index in [9.17, 15) is 19.8 Å². The fourth-order valence-corrected chi connectivity index (χ4v) is 3.31. The van der Waals surface area contributed by atoms with E-state index in [1.807, 2.05) is 13.0 Å². The van der Waals surface area contributed by atoms with Gasteiger partial charge in [-0.3, -0.25) is 0 Å². The molecule has 38 heavy (non-hydrogen) atoms. The molecule has 5 heteroatoms. The summed E-state index contributed by atoms with van der Waals surface area (Å²) in [7, 11) is 0. The predicted molar refractivity (Wildman–Crippen MR) is 162 cm³/mol. The molecule has 0 N–H and O–H groups in total. The Labute approximate surface area is 253 Å². The van der Waals surface area contributed by atoms with Crippen molar-refractivity contribution in [3.05, 3.63) is 49.2 Å². The molecular weight excluding hydrogens is 579 g/mol. The van der Waals surface area contributed by atoms with E-state index in [1.165, 1.54) is 83.5 Å². The monoisotopic (exact) mass is 638 g/mol. The zero-order chi connectivity index (χ0) is 28.6. The maximum absolute atomic E-state index is 10.5. The van der Waals surface area contributed by atoms with Gasteiger partial charge in [0.15, 0.2) is 0 Å². The minimum absolute atomic E-state index is 0. The first kappa shape index (κ1) is 44.0. The van der Waals surface area contributed by atoms with Crippen molar-refractivity contribution < 1.29 is 19.8 Å². The molecule has 0 atom stereocenters. The van der Waals surface area contributed by atoms with Crippen LogP contribution in [0.4, 0.5) is 0 Å². The van der Waals surface area contributed by atoms with E-state index in [2.05, 4.69) is 34.6 Å². The number of aromatic carboxylic acids is 1. The van der Waals surface area contributed by atoms with Gasteiger partial charge in [-0.2, -0.15) is 0 Å². The standard InChI is InChI=1S/C16H32O2.C9H10O2.2C4H9.Sn/c1-2-3-4-5-6-7-8-9-10-11-12-13-14-15-16(17)18;1-2-7-5-3-4-6-8(7)9(10)11;2*1-3-4-2;/h2-15H2,1H3,(H,17,18);3-6H,2H2,1H3,(H,10,11);2*1,3-4H2,2H3;/q;;;;+2/p-2. The van der Waals surface area contributed by atoms with Crippen LogP contribution in [0.25, 0.3) is 0 Å². The third-order valence-corrected chi connectivity index (χ3v) is 5.81. The molecular formula is C33H58O4Sn. The van der Waals surface area contributed by atoms with Gasteiger partial charge < -0.3 is 19.8 Å². The molecule has 0 spiro atoms. The van der Waals surface area contributed by atoms with E-state index in [1.54, 1.807) is 18.2 Å². The molecule has 0 aliphatic heterocycles. The number of aliphatic carboxylic acids is 1. The average Bonchev–Trinajstić information content (AvgIpc) is 2.91. The van der Waals surface area contributed by atoms with Crippen molar-refractivity contribution in [2.24, 2.45) is 0 Å². The molecule has 0 aromatic heterocycles. The maximum atomic E-state index is 10.5. The summed E-state index contributed by atoms with van der Waals surface area (Å²) in [5, 5.41) is 20.7. The predicted octanol–water partition coefficient (Wildman–Crippen LogP) is 7.69. The summed E-state index contributed by atoms with van der Waals surface area (Å²) in [4.78, 5) is 20.7. The number of unbranched alkanes of at least 4 members (excludes halogenated alkanes) is 14. The molecule has 0 amide bonds. The summed E-state index contributed by atoms with van der Waals surface area (Å²) < 4.78 is 0. The van der Waals surface area contributed by atoms with Crippen LogP contribution in [0, 0.1) is 13.8 Å². The van der Waals surface area contributed by atoms with Gasteiger partial charge in [0.25, 0.3) is 0 Å². The molecule has 0 saturated heterocycles. The van der Waals surface area contributed by atoms with E-state index in [4.69, 9.17) is 0 Å². The molecule has 1 aromatic rings. The van der Waals surface area contributed by atoms with Gasteiger partial charge >= 0.3 is 23.9 Å². The topological polar surface area (TPSA) is 80.3 Å². The molecule has 0 bridgehead atoms. The first-order valence-electron chi connectivity index (χ1n) is 14.9. The number of aryl methyl sites for hydroxylation is 1. The summed E-state index contributed by atoms with van der Waals surface area (Å²) >= 11 is 0. The van der Waals surface area contributed by atoms with Crippen LogP contribution in [-0.4, -0.2) is 35.8 Å². The second-order valence-electron chi connectivity index (χ2n) is 9.37. The van der Waals surface area contributed by atoms with Crippen molar-refractivity contribution in [2.75, 3.05) is 0 Å². The normalized spacial score (nSPS) is 9.42. The van der Waals surface area contributed by atoms with Gasteiger partial charge in [-0.1, -0.05) is 169 Å². The Morgan fingerprint density at radius 3 is 1.29 bits per heavy atom. The quantitative estimate of drug-likeness (QED) is 0.122. The van der Waals surface area contributed by atoms with Gasteiger partial charge in [0.1, 0.15) is 0 Å². The molecule has 4 radical (unpaired) electrons. The minimum Gasteiger partial charge on any atom is -0.550 e. The summed E-state index contributed by atoms with van der Waals surface area (Å²) in [6, 6.07) is 6.88. The number of carbonyl (C=O) groups is 2. The van der Waals surface area contributed by atoms with E-state index in [0.717, 1.165) is 37.7 Å². The van der Waals surface area contributed by atoms with E-state index >= 15 is 0 Å². The smallest absolute Gasteiger partial charge is 0.550 e. The van der Waals surface area contributed by atoms with Gasteiger partial charge in [-0.25, -0.2) is 0 Å². The Morgan fingerprint density at radius 2 is 1.00 bits per heavy atom. The van der Waals surface area contributed by atoms with Crippen LogP contribution in [0.1, 0.15) is 159 Å². The number of carbonyl (C=O) groups excluding carboxylic acids is 2. The Kier molecular flexibility index (Phi) is 44.1. The first-order chi connectivity index (χ1) is 17.9. The van der Waals surface area contributed by atoms with Crippen LogP contribution in [0.5, 0.6) is 0 Å². The van der Waals surface area contributed by atoms with E-state index < -0.39 is 11.9 Å². The summed E-state index contributed by atoms with van der Waals surface area (Å²) in [6.07, 6.45) is 22.2. The fourth-order valence-electron chi connectivity index (χ4n) is 3.31. The SMILES string of the molecule is CCCCCCCCCCCCCCCC(=O)[O-].CCc1ccccc1C(=O)[O-].[CH2]CCC.[CH2]CCC.[Sn+2]. The van der Waals surface area contributed by atoms with Crippen molar-refractivity contribution in [3.63, 3.8) is 0 Å². The average molecular weight is 638 g/mol. The molecule has 4 nitrogen and oxygen atoms in total. The number of carboxylic acids is 2. The third kappa shape index (κ3) is 37.1. The second-order valence-corrected chi connectivity index (χ2v) is 9.37. The van der Waals surface area contributed by atoms with Crippen molar-refractivity contribution >= 4 is 35.8 Å². The fraction of sp³-hybridized carbons (Fsp3) is 0.697. The Bertz CT molecular complexity index is 596. The van der Waals surface area contributed by atoms with Crippen LogP contribution >= 0.6 is 0 Å². The molecule has 0 fully saturated rings. The molecule has 218 valence electrons. The molecule has 1 rings (SSSR count). The summed E-state index contributed by atoms with van der Waals surface area (Å²) in [5.41, 5.74) is 1.13. The van der Waals surface area contributed by atoms with Gasteiger partial charge in [0, 0.05) is 11.5 Å². The van der Waals surface area contributed by atoms with Crippen molar-refractivity contribution in [2.45, 2.75) is 150 Å². The molecule has 0 aliphatic rings. The van der Waals surface area contributed by atoms with E-state index in [0.29, 0.717) is 5.56 Å². The van der Waals surface area contributed by atoms with Crippen LogP contribution in [0.2, 0.25) is 0 Å². The van der Waals surface area contributed by atoms with Crippen molar-refractivity contribution in [1.29, 1.82) is 0 Å². The van der Waals surface area contributed by atoms with Crippen molar-refractivity contribution in [3.8, 4) is 0 Å². The van der Waals surface area contributed by atoms with Crippen molar-refractivity contribution in [1.82, 2.24) is 0 Å². The van der Waals surface area contributed by atoms with Crippen LogP contribution in [-0.2, 0) is 11.2 Å². The molecule has 0 unspecified atom stereocenters. The Balaban J connectivity index is -0.000000244. The van der Waals surface area contributed by atoms with Crippen LogP contribution in [0.15, 0.2) is 24.3 Å². The second kappa shape index (κ2) is 38.1. The number of carboxylic acid groups (broad SMARTS) is 2. The van der Waals surface area contributed by atoms with Crippen LogP contribution in [0.3, 0.4) is 0 Å². The molecule has 0 aliphatic carbocycles. The number of rotatable bonds is 18. The minimum atomic E-state index is -1.09. The molecule has 1 aromatic carbocycles. The van der Waals surface area contributed by atoms with Gasteiger partial charge in [-0.05, 0) is 24.8 Å². The zero-order valence-electron chi connectivity index (χ0n) is 25.3. The Hall–Kier alpha value is -1.04. The third-order valence-electron chi connectivity index (χ3n) is 5.81. The number of benzene rings is 1. The van der Waals surface area contributed by atoms with Gasteiger partial charge in [0.2, 0.25) is 0 Å². The summed E-state index contributed by atoms with van der Waals surface area (Å²) in [5.74, 6) is -2.00. The number of hydrogen-bond donors (Lipinski definition) is 0. The zero-order valence-corrected chi connectivity index (χ0v) is 28.1. The number of hydrogen-bond acceptors (Lipinski definition) is 4. The molecule has 0 saturated carbocycles. The van der Waals surface area contributed by atoms with Gasteiger partial charge in [-0.15, -0.1) is 0 Å². The summed E-state index contributed by atoms with van der Waals surface area (Å²) in [6.45, 7) is 15.6. The maximum Gasteiger partial charge on any atom is 2.00 e. The van der Waals surface area contributed by atoms with Gasteiger partial charge in [0.05, 0.1) is 5.97 Å². The van der Waals surface area contributed by atoms with E-state index in [-0.39, 0.29) is 30.3 Å². The van der Waals surface area contributed by atoms with Crippen LogP contribution < -0.4 is 10.2 Å². The molecule has 0 heterocycles. The Morgan fingerprint density at radius 1 is 0.632 bits per heavy atom. The first-order valence-corrected chi connectivity index (χ1v) is 14.9.